The van der Waals surface area contributed by atoms with Crippen LogP contribution in [0.3, 0.4) is 0 Å². The molecular weight excluding hydrogens is 378 g/mol. The summed E-state index contributed by atoms with van der Waals surface area (Å²) in [6, 6.07) is 14.4. The lowest BCUT2D eigenvalue weighted by Gasteiger charge is -2.28. The van der Waals surface area contributed by atoms with Gasteiger partial charge in [-0.25, -0.2) is 8.42 Å². The van der Waals surface area contributed by atoms with Gasteiger partial charge >= 0.3 is 5.97 Å². The summed E-state index contributed by atoms with van der Waals surface area (Å²) in [5, 5.41) is 0. The number of ether oxygens (including phenoxy) is 1. The minimum Gasteiger partial charge on any atom is -0.456 e. The number of esters is 1. The quantitative estimate of drug-likeness (QED) is 0.694. The molecule has 7 heteroatoms. The minimum atomic E-state index is -3.56. The molecule has 0 saturated carbocycles. The van der Waals surface area contributed by atoms with Crippen LogP contribution in [-0.4, -0.2) is 44.1 Å². The van der Waals surface area contributed by atoms with Gasteiger partial charge in [-0.15, -0.1) is 0 Å². The van der Waals surface area contributed by atoms with Gasteiger partial charge in [-0.2, -0.15) is 0 Å². The Morgan fingerprint density at radius 2 is 1.71 bits per heavy atom. The van der Waals surface area contributed by atoms with Gasteiger partial charge in [-0.1, -0.05) is 42.0 Å². The lowest BCUT2D eigenvalue weighted by atomic mass is 10.00. The summed E-state index contributed by atoms with van der Waals surface area (Å²) in [6.07, 6.45) is 0.483. The number of benzene rings is 2. The predicted octanol–water partition coefficient (Wildman–Crippen LogP) is 2.29. The zero-order valence-electron chi connectivity index (χ0n) is 15.8. The van der Waals surface area contributed by atoms with Crippen molar-refractivity contribution in [1.82, 2.24) is 4.90 Å². The fourth-order valence-electron chi connectivity index (χ4n) is 3.10. The Hall–Kier alpha value is -2.67. The molecular formula is C21H23NO5S. The molecule has 1 heterocycles. The SMILES string of the molecule is Cc1ccc(S(=O)(=O)CCC(=O)OCC(=O)N2CCc3ccccc3C2)cc1. The van der Waals surface area contributed by atoms with Gasteiger partial charge in [0.05, 0.1) is 17.1 Å². The van der Waals surface area contributed by atoms with Crippen molar-refractivity contribution >= 4 is 21.7 Å². The van der Waals surface area contributed by atoms with Crippen molar-refractivity contribution in [1.29, 1.82) is 0 Å². The Labute approximate surface area is 165 Å². The maximum absolute atomic E-state index is 12.3. The van der Waals surface area contributed by atoms with Crippen LogP contribution in [0.25, 0.3) is 0 Å². The fraction of sp³-hybridized carbons (Fsp3) is 0.333. The van der Waals surface area contributed by atoms with E-state index in [-0.39, 0.29) is 29.6 Å². The number of fused-ring (bicyclic) bond motifs is 1. The van der Waals surface area contributed by atoms with Crippen LogP contribution < -0.4 is 0 Å². The lowest BCUT2D eigenvalue weighted by Crippen LogP contribution is -2.38. The Bertz CT molecular complexity index is 967. The molecule has 148 valence electrons. The van der Waals surface area contributed by atoms with E-state index in [4.69, 9.17) is 4.74 Å². The molecule has 3 rings (SSSR count). The number of hydrogen-bond acceptors (Lipinski definition) is 5. The van der Waals surface area contributed by atoms with Crippen molar-refractivity contribution in [2.24, 2.45) is 0 Å². The van der Waals surface area contributed by atoms with Crippen LogP contribution >= 0.6 is 0 Å². The third-order valence-corrected chi connectivity index (χ3v) is 6.53. The van der Waals surface area contributed by atoms with Crippen molar-refractivity contribution < 1.29 is 22.7 Å². The number of rotatable bonds is 6. The molecule has 0 aliphatic carbocycles. The molecule has 1 amide bonds. The lowest BCUT2D eigenvalue weighted by molar-refractivity contribution is -0.152. The molecule has 0 fully saturated rings. The van der Waals surface area contributed by atoms with Crippen LogP contribution in [0.15, 0.2) is 53.4 Å². The van der Waals surface area contributed by atoms with E-state index in [1.165, 1.54) is 17.7 Å². The molecule has 0 atom stereocenters. The van der Waals surface area contributed by atoms with Gasteiger partial charge in [0.2, 0.25) is 0 Å². The zero-order valence-corrected chi connectivity index (χ0v) is 16.6. The number of amides is 1. The summed E-state index contributed by atoms with van der Waals surface area (Å²) in [4.78, 5) is 26.0. The number of carbonyl (C=O) groups excluding carboxylic acids is 2. The first-order valence-electron chi connectivity index (χ1n) is 9.15. The fourth-order valence-corrected chi connectivity index (χ4v) is 4.32. The summed E-state index contributed by atoms with van der Waals surface area (Å²) in [5.41, 5.74) is 3.28. The predicted molar refractivity (Wildman–Crippen MR) is 104 cm³/mol. The minimum absolute atomic E-state index is 0.175. The average molecular weight is 401 g/mol. The summed E-state index contributed by atoms with van der Waals surface area (Å²) >= 11 is 0. The molecule has 6 nitrogen and oxygen atoms in total. The van der Waals surface area contributed by atoms with Crippen molar-refractivity contribution in [2.45, 2.75) is 31.2 Å². The molecule has 1 aliphatic heterocycles. The van der Waals surface area contributed by atoms with E-state index in [0.717, 1.165) is 17.5 Å². The van der Waals surface area contributed by atoms with Gasteiger partial charge < -0.3 is 9.64 Å². The summed E-state index contributed by atoms with van der Waals surface area (Å²) in [6.45, 7) is 2.57. The second kappa shape index (κ2) is 8.56. The molecule has 28 heavy (non-hydrogen) atoms. The first-order chi connectivity index (χ1) is 13.3. The number of aryl methyl sites for hydroxylation is 1. The van der Waals surface area contributed by atoms with Gasteiger partial charge in [-0.3, -0.25) is 9.59 Å². The molecule has 0 unspecified atom stereocenters. The number of hydrogen-bond donors (Lipinski definition) is 0. The normalized spacial score (nSPS) is 13.7. The van der Waals surface area contributed by atoms with Crippen LogP contribution in [0.5, 0.6) is 0 Å². The largest absolute Gasteiger partial charge is 0.456 e. The summed E-state index contributed by atoms with van der Waals surface area (Å²) in [7, 11) is -3.56. The van der Waals surface area contributed by atoms with E-state index < -0.39 is 15.8 Å². The van der Waals surface area contributed by atoms with E-state index in [0.29, 0.717) is 13.1 Å². The molecule has 0 bridgehead atoms. The van der Waals surface area contributed by atoms with Crippen LogP contribution in [0.1, 0.15) is 23.1 Å². The zero-order chi connectivity index (χ0) is 20.1. The average Bonchev–Trinajstić information content (AvgIpc) is 2.70. The van der Waals surface area contributed by atoms with Crippen LogP contribution in [0.2, 0.25) is 0 Å². The monoisotopic (exact) mass is 401 g/mol. The highest BCUT2D eigenvalue weighted by Crippen LogP contribution is 2.18. The maximum atomic E-state index is 12.3. The van der Waals surface area contributed by atoms with Crippen LogP contribution in [-0.2, 0) is 37.1 Å². The molecule has 0 saturated heterocycles. The third kappa shape index (κ3) is 4.98. The Morgan fingerprint density at radius 1 is 1.04 bits per heavy atom. The molecule has 2 aromatic carbocycles. The first kappa shape index (κ1) is 20.1. The van der Waals surface area contributed by atoms with Crippen molar-refractivity contribution in [3.05, 3.63) is 65.2 Å². The summed E-state index contributed by atoms with van der Waals surface area (Å²) in [5.74, 6) is -1.31. The van der Waals surface area contributed by atoms with E-state index >= 15 is 0 Å². The maximum Gasteiger partial charge on any atom is 0.307 e. The highest BCUT2D eigenvalue weighted by atomic mass is 32.2. The van der Waals surface area contributed by atoms with Crippen LogP contribution in [0.4, 0.5) is 0 Å². The number of nitrogens with zero attached hydrogens (tertiary/aromatic N) is 1. The Kier molecular flexibility index (Phi) is 6.14. The highest BCUT2D eigenvalue weighted by Gasteiger charge is 2.22. The van der Waals surface area contributed by atoms with E-state index in [1.807, 2.05) is 31.2 Å². The van der Waals surface area contributed by atoms with Crippen molar-refractivity contribution in [3.63, 3.8) is 0 Å². The second-order valence-electron chi connectivity index (χ2n) is 6.88. The Balaban J connectivity index is 1.47. The molecule has 1 aliphatic rings. The standard InChI is InChI=1S/C21H23NO5S/c1-16-6-8-19(9-7-16)28(25,26)13-11-21(24)27-15-20(23)22-12-10-17-4-2-3-5-18(17)14-22/h2-9H,10-15H2,1H3. The van der Waals surface area contributed by atoms with E-state index in [9.17, 15) is 18.0 Å². The molecule has 0 radical (unpaired) electrons. The first-order valence-corrected chi connectivity index (χ1v) is 10.8. The topological polar surface area (TPSA) is 80.7 Å². The van der Waals surface area contributed by atoms with Gasteiger partial charge in [0.1, 0.15) is 0 Å². The van der Waals surface area contributed by atoms with Crippen molar-refractivity contribution in [3.8, 4) is 0 Å². The van der Waals surface area contributed by atoms with Gasteiger partial charge in [-0.05, 0) is 36.6 Å². The van der Waals surface area contributed by atoms with Gasteiger partial charge in [0, 0.05) is 13.1 Å². The number of carbonyl (C=O) groups is 2. The summed E-state index contributed by atoms with van der Waals surface area (Å²) < 4.78 is 29.5. The molecule has 2 aromatic rings. The molecule has 0 aromatic heterocycles. The Morgan fingerprint density at radius 3 is 2.43 bits per heavy atom. The van der Waals surface area contributed by atoms with E-state index in [2.05, 4.69) is 0 Å². The smallest absolute Gasteiger partial charge is 0.307 e. The molecule has 0 spiro atoms. The van der Waals surface area contributed by atoms with Gasteiger partial charge in [0.15, 0.2) is 16.4 Å². The third-order valence-electron chi connectivity index (χ3n) is 4.80. The molecule has 0 N–H and O–H groups in total. The van der Waals surface area contributed by atoms with E-state index in [1.54, 1.807) is 17.0 Å². The van der Waals surface area contributed by atoms with Crippen molar-refractivity contribution in [2.75, 3.05) is 18.9 Å². The number of sulfone groups is 1. The van der Waals surface area contributed by atoms with Crippen LogP contribution in [0, 0.1) is 6.92 Å². The second-order valence-corrected chi connectivity index (χ2v) is 8.99. The van der Waals surface area contributed by atoms with Gasteiger partial charge in [0.25, 0.3) is 5.91 Å². The highest BCUT2D eigenvalue weighted by molar-refractivity contribution is 7.91.